The Kier molecular flexibility index (Phi) is 25.0. The van der Waals surface area contributed by atoms with E-state index in [1.54, 1.807) is 51.4 Å². The lowest BCUT2D eigenvalue weighted by Gasteiger charge is -2.46. The molecule has 3 aromatic heterocycles. The first-order chi connectivity index (χ1) is 50.3. The fourth-order valence-corrected chi connectivity index (χ4v) is 17.1. The molecular formula is C75H97N13O16S. The number of thiazole rings is 1. The number of benzene rings is 3. The molecule has 0 radical (unpaired) electrons. The number of carboxylic acid groups (broad SMARTS) is 1. The number of urea groups is 1. The van der Waals surface area contributed by atoms with E-state index in [0.717, 1.165) is 59.1 Å². The number of rotatable bonds is 38. The number of hydrogen-bond donors (Lipinski definition) is 9. The highest BCUT2D eigenvalue weighted by Gasteiger charge is 2.73. The molecule has 105 heavy (non-hydrogen) atoms. The molecule has 8 atom stereocenters. The van der Waals surface area contributed by atoms with Gasteiger partial charge in [0, 0.05) is 80.5 Å². The summed E-state index contributed by atoms with van der Waals surface area (Å²) in [4.78, 5) is 104. The molecule has 12 rings (SSSR count). The predicted octanol–water partition coefficient (Wildman–Crippen LogP) is 6.98. The Balaban J connectivity index is 0.584. The van der Waals surface area contributed by atoms with E-state index >= 15 is 0 Å². The zero-order valence-electron chi connectivity index (χ0n) is 60.4. The number of nitrogens with one attached hydrogen (secondary N) is 5. The number of aliphatic hydroxyl groups is 2. The number of likely N-dealkylation sites (N-methyl/N-ethyl adjacent to an activating group) is 1. The molecule has 2 aliphatic heterocycles. The summed E-state index contributed by atoms with van der Waals surface area (Å²) in [6, 6.07) is 21.3. The van der Waals surface area contributed by atoms with Gasteiger partial charge in [-0.15, -0.1) is 0 Å². The molecule has 6 aliphatic rings. The number of aromatic carboxylic acids is 1. The molecule has 4 aliphatic carbocycles. The summed E-state index contributed by atoms with van der Waals surface area (Å²) in [5.74, 6) is -2.48. The highest BCUT2D eigenvalue weighted by atomic mass is 32.1. The van der Waals surface area contributed by atoms with Gasteiger partial charge in [-0.2, -0.15) is 5.10 Å². The van der Waals surface area contributed by atoms with Crippen molar-refractivity contribution in [3.63, 3.8) is 0 Å². The van der Waals surface area contributed by atoms with Crippen LogP contribution in [0.2, 0.25) is 0 Å². The summed E-state index contributed by atoms with van der Waals surface area (Å²) in [7, 11) is 1.61. The third kappa shape index (κ3) is 18.8. The fraction of sp³-hybridized carbons (Fsp3) is 0.520. The van der Waals surface area contributed by atoms with Gasteiger partial charge in [-0.25, -0.2) is 24.4 Å². The second kappa shape index (κ2) is 34.1. The van der Waals surface area contributed by atoms with E-state index in [2.05, 4.69) is 50.1 Å². The van der Waals surface area contributed by atoms with Crippen molar-refractivity contribution in [1.29, 1.82) is 0 Å². The second-order valence-corrected chi connectivity index (χ2v) is 30.1. The number of ether oxygens (including phenoxy) is 6. The van der Waals surface area contributed by atoms with Crippen LogP contribution in [0, 0.1) is 29.1 Å². The molecule has 4 bridgehead atoms. The van der Waals surface area contributed by atoms with Crippen molar-refractivity contribution in [2.24, 2.45) is 27.9 Å². The third-order valence-electron chi connectivity index (χ3n) is 20.9. The first-order valence-electron chi connectivity index (χ1n) is 35.8. The number of carboxylic acids is 1. The smallest absolute Gasteiger partial charge is 0.409 e. The van der Waals surface area contributed by atoms with E-state index in [-0.39, 0.29) is 111 Å². The molecule has 0 saturated heterocycles. The SMILES string of the molecule is Cc1c(-c2ccc(N3CCc4cccc(C(=O)Nc5nc6ccccc6s5)c4C3)nc2C(=O)O)cnn1CC12CC3(C)CC1(C)C[C@](OCCOCCOCCN(C)C(=O)OCc1ccc(NC(=O)[C@H](CCCNC(N)=O)NC(O)[C@@H](NC(=O)COCCOCCN4C(=O)C=CC4O)C(C)C)cc1)(C3)C2. The van der Waals surface area contributed by atoms with Crippen LogP contribution in [0.15, 0.2) is 97.2 Å². The van der Waals surface area contributed by atoms with Gasteiger partial charge in [-0.1, -0.05) is 75.4 Å². The Morgan fingerprint density at radius 1 is 0.838 bits per heavy atom. The van der Waals surface area contributed by atoms with Crippen LogP contribution in [0.3, 0.4) is 0 Å². The number of aliphatic hydroxyl groups excluding tert-OH is 2. The molecule has 29 nitrogen and oxygen atoms in total. The molecule has 5 heterocycles. The maximum Gasteiger partial charge on any atom is 0.409 e. The van der Waals surface area contributed by atoms with Crippen LogP contribution in [0.4, 0.5) is 26.2 Å². The van der Waals surface area contributed by atoms with E-state index in [1.807, 2.05) is 66.4 Å². The zero-order valence-corrected chi connectivity index (χ0v) is 61.2. The third-order valence-corrected chi connectivity index (χ3v) is 21.8. The van der Waals surface area contributed by atoms with Crippen LogP contribution in [-0.4, -0.2) is 209 Å². The molecule has 5 unspecified atom stereocenters. The lowest BCUT2D eigenvalue weighted by atomic mass is 9.65. The largest absolute Gasteiger partial charge is 0.476 e. The van der Waals surface area contributed by atoms with Gasteiger partial charge in [0.05, 0.1) is 87.0 Å². The summed E-state index contributed by atoms with van der Waals surface area (Å²) >= 11 is 1.42. The quantitative estimate of drug-likeness (QED) is 0.0139. The minimum atomic E-state index is -1.38. The summed E-state index contributed by atoms with van der Waals surface area (Å²) in [5, 5.41) is 51.4. The number of nitrogens with two attached hydrogens (primary N) is 1. The number of para-hydroxylation sites is 1. The summed E-state index contributed by atoms with van der Waals surface area (Å²) < 4.78 is 38.2. The van der Waals surface area contributed by atoms with E-state index in [1.165, 1.54) is 33.3 Å². The molecule has 10 N–H and O–H groups in total. The Bertz CT molecular complexity index is 4100. The minimum Gasteiger partial charge on any atom is -0.476 e. The number of fused-ring (bicyclic) bond motifs is 2. The first kappa shape index (κ1) is 77.1. The van der Waals surface area contributed by atoms with E-state index in [4.69, 9.17) is 44.2 Å². The Morgan fingerprint density at radius 2 is 1.59 bits per heavy atom. The normalized spacial score (nSPS) is 21.6. The lowest BCUT2D eigenvalue weighted by molar-refractivity contribution is -0.132. The highest BCUT2D eigenvalue weighted by Crippen LogP contribution is 2.78. The van der Waals surface area contributed by atoms with Crippen LogP contribution < -0.4 is 37.2 Å². The molecule has 30 heteroatoms. The molecule has 4 fully saturated rings. The monoisotopic (exact) mass is 1470 g/mol. The first-order valence-corrected chi connectivity index (χ1v) is 36.6. The van der Waals surface area contributed by atoms with E-state index < -0.39 is 54.4 Å². The van der Waals surface area contributed by atoms with Crippen molar-refractivity contribution >= 4 is 79.9 Å². The lowest BCUT2D eigenvalue weighted by Crippen LogP contribution is -2.57. The number of nitrogens with zero attached hydrogens (tertiary/aromatic N) is 7. The average molecular weight is 1470 g/mol. The number of anilines is 3. The fourth-order valence-electron chi connectivity index (χ4n) is 16.2. The van der Waals surface area contributed by atoms with Gasteiger partial charge in [0.2, 0.25) is 17.7 Å². The summed E-state index contributed by atoms with van der Waals surface area (Å²) in [6.07, 6.45) is 7.56. The number of carbonyl (C=O) groups is 7. The number of hydrogen-bond acceptors (Lipinski definition) is 21. The van der Waals surface area contributed by atoms with Crippen LogP contribution in [0.5, 0.6) is 0 Å². The van der Waals surface area contributed by atoms with Crippen molar-refractivity contribution in [3.8, 4) is 11.1 Å². The Labute approximate surface area is 613 Å². The summed E-state index contributed by atoms with van der Waals surface area (Å²) in [5.41, 5.74) is 11.3. The molecule has 0 spiro atoms. The number of pyridine rings is 1. The van der Waals surface area contributed by atoms with Crippen LogP contribution in [0.25, 0.3) is 21.3 Å². The van der Waals surface area contributed by atoms with E-state index in [9.17, 15) is 48.9 Å². The van der Waals surface area contributed by atoms with Gasteiger partial charge in [-0.05, 0) is 146 Å². The average Bonchev–Trinajstić information content (AvgIpc) is 1.50. The van der Waals surface area contributed by atoms with Crippen molar-refractivity contribution < 1.29 is 77.3 Å². The zero-order chi connectivity index (χ0) is 74.6. The van der Waals surface area contributed by atoms with Gasteiger partial charge in [0.1, 0.15) is 31.5 Å². The second-order valence-electron chi connectivity index (χ2n) is 29.1. The molecule has 4 saturated carbocycles. The molecular weight excluding hydrogens is 1370 g/mol. The maximum absolute atomic E-state index is 13.8. The van der Waals surface area contributed by atoms with Gasteiger partial charge in [0.15, 0.2) is 10.8 Å². The Hall–Kier alpha value is -8.98. The number of primary amides is 1. The summed E-state index contributed by atoms with van der Waals surface area (Å²) in [6.45, 7) is 14.3. The van der Waals surface area contributed by atoms with Gasteiger partial charge in [-0.3, -0.25) is 34.5 Å². The maximum atomic E-state index is 13.8. The van der Waals surface area contributed by atoms with Crippen LogP contribution >= 0.6 is 11.3 Å². The van der Waals surface area contributed by atoms with Crippen molar-refractivity contribution in [1.82, 2.24) is 45.5 Å². The van der Waals surface area contributed by atoms with Crippen LogP contribution in [-0.2, 0) is 68.9 Å². The van der Waals surface area contributed by atoms with Crippen molar-refractivity contribution in [2.75, 3.05) is 108 Å². The van der Waals surface area contributed by atoms with Gasteiger partial charge in [0.25, 0.3) is 5.91 Å². The Morgan fingerprint density at radius 3 is 2.33 bits per heavy atom. The standard InChI is InChI=1S/C75H97N13O16S/c1-47(2)63(83-60(89)40-102-34-33-100-30-28-87-61(90)22-23-62(87)91)67(94)80-57(14-10-25-77-69(76)97)66(93)79-51-18-16-49(17-19-51)39-103-71(98)85(6)27-29-99-31-32-101-35-36-104-75-43-72(4)41-73(5,44-75)74(42-72,45-75)46-88-48(3)54(37-78-88)52-20-21-59(82-64(52)68(95)96)86-26-24-50-11-9-12-53(55(50)38-86)65(92)84-70-81-56-13-7-8-15-58(56)105-70/h7-9,11-13,15-23,37,47,57,61,63,67,80,90,94H,10,14,24-36,38-46H2,1-6H3,(H,79,93)(H,83,89)(H,95,96)(H3,76,77,97)(H,81,84,92)/t57-,61?,63-,67?,72?,73?,74?,75+/m0/s1. The van der Waals surface area contributed by atoms with Crippen molar-refractivity contribution in [3.05, 3.63) is 131 Å². The van der Waals surface area contributed by atoms with Crippen LogP contribution in [0.1, 0.15) is 116 Å². The molecule has 564 valence electrons. The van der Waals surface area contributed by atoms with Gasteiger partial charge >= 0.3 is 18.1 Å². The molecule has 7 amide bonds. The van der Waals surface area contributed by atoms with Crippen molar-refractivity contribution in [2.45, 2.75) is 136 Å². The number of amides is 7. The van der Waals surface area contributed by atoms with E-state index in [0.29, 0.717) is 97.8 Å². The minimum absolute atomic E-state index is 0.000644. The molecule has 6 aromatic rings. The van der Waals surface area contributed by atoms with Gasteiger partial charge < -0.3 is 80.1 Å². The number of carbonyl (C=O) groups excluding carboxylic acids is 6. The molecule has 3 aromatic carbocycles. The predicted molar refractivity (Wildman–Crippen MR) is 391 cm³/mol. The highest BCUT2D eigenvalue weighted by molar-refractivity contribution is 7.22. The number of aromatic nitrogens is 4. The topological polar surface area (TPSA) is 375 Å².